The maximum Gasteiger partial charge on any atom is 0.331 e. The molecule has 4 nitrogen and oxygen atoms in total. The van der Waals surface area contributed by atoms with Crippen molar-refractivity contribution in [2.45, 2.75) is 71.1 Å². The van der Waals surface area contributed by atoms with Crippen molar-refractivity contribution in [2.75, 3.05) is 6.61 Å². The number of ether oxygens (including phenoxy) is 1. The van der Waals surface area contributed by atoms with Gasteiger partial charge in [0.25, 0.3) is 0 Å². The van der Waals surface area contributed by atoms with Gasteiger partial charge >= 0.3 is 11.9 Å². The molecule has 21 heavy (non-hydrogen) atoms. The van der Waals surface area contributed by atoms with E-state index in [0.717, 1.165) is 25.0 Å². The Labute approximate surface area is 141 Å². The first-order valence-electron chi connectivity index (χ1n) is 7.74. The van der Waals surface area contributed by atoms with Crippen LogP contribution in [0.25, 0.3) is 0 Å². The van der Waals surface area contributed by atoms with Gasteiger partial charge in [0, 0.05) is 31.6 Å². The molecule has 0 radical (unpaired) electrons. The molecule has 0 atom stereocenters. The predicted octanol–water partition coefficient (Wildman–Crippen LogP) is 4.09. The third-order valence-corrected chi connectivity index (χ3v) is 3.10. The minimum atomic E-state index is -1.14. The average Bonchev–Trinajstić information content (AvgIpc) is 2.42. The molecule has 0 aromatic carbocycles. The molecular weight excluding hydrogens is 322 g/mol. The van der Waals surface area contributed by atoms with Gasteiger partial charge in [0.15, 0.2) is 0 Å². The van der Waals surface area contributed by atoms with Crippen molar-refractivity contribution >= 4 is 11.9 Å². The van der Waals surface area contributed by atoms with Crippen LogP contribution in [-0.2, 0) is 33.8 Å². The van der Waals surface area contributed by atoms with Gasteiger partial charge in [-0.2, -0.15) is 0 Å². The summed E-state index contributed by atoms with van der Waals surface area (Å²) in [7, 11) is 0. The van der Waals surface area contributed by atoms with Crippen LogP contribution in [0, 0.1) is 0 Å². The third kappa shape index (κ3) is 19.3. The summed E-state index contributed by atoms with van der Waals surface area (Å²) in [5.41, 5.74) is 0. The Balaban J connectivity index is 0. The summed E-state index contributed by atoms with van der Waals surface area (Å²) in [5, 5.41) is 8.33. The maximum absolute atomic E-state index is 11.0. The summed E-state index contributed by atoms with van der Waals surface area (Å²) in [6.45, 7) is 2.60. The second kappa shape index (κ2) is 17.4. The number of hydrogen-bond donors (Lipinski definition) is 1. The van der Waals surface area contributed by atoms with Crippen LogP contribution in [-0.4, -0.2) is 23.7 Å². The van der Waals surface area contributed by atoms with Crippen LogP contribution in [0.5, 0.6) is 0 Å². The standard InChI is InChI=1S/C16H28O4.Zn/c1-2-3-4-5-6-7-8-9-10-11-14-20-16(19)13-12-15(17)18;/h12-13H,2-11,14H2,1H3,(H,17,18);/b13-12+;. The first-order chi connectivity index (χ1) is 9.66. The summed E-state index contributed by atoms with van der Waals surface area (Å²) < 4.78 is 4.88. The number of carbonyl (C=O) groups is 2. The fourth-order valence-corrected chi connectivity index (χ4v) is 1.95. The van der Waals surface area contributed by atoms with Gasteiger partial charge in [-0.3, -0.25) is 0 Å². The van der Waals surface area contributed by atoms with E-state index in [0.29, 0.717) is 6.61 Å². The van der Waals surface area contributed by atoms with Crippen molar-refractivity contribution in [3.63, 3.8) is 0 Å². The Morgan fingerprint density at radius 2 is 1.33 bits per heavy atom. The minimum absolute atomic E-state index is 0. The number of carboxylic acid groups (broad SMARTS) is 1. The molecule has 0 spiro atoms. The molecule has 0 saturated carbocycles. The molecule has 0 saturated heterocycles. The zero-order chi connectivity index (χ0) is 15.1. The van der Waals surface area contributed by atoms with Crippen molar-refractivity contribution in [3.05, 3.63) is 12.2 Å². The van der Waals surface area contributed by atoms with Crippen LogP contribution >= 0.6 is 0 Å². The van der Waals surface area contributed by atoms with Crippen molar-refractivity contribution in [2.24, 2.45) is 0 Å². The Kier molecular flexibility index (Phi) is 18.7. The zero-order valence-electron chi connectivity index (χ0n) is 13.3. The number of aliphatic carboxylic acids is 1. The quantitative estimate of drug-likeness (QED) is 0.235. The maximum atomic E-state index is 11.0. The van der Waals surface area contributed by atoms with E-state index in [1.165, 1.54) is 51.4 Å². The predicted molar refractivity (Wildman–Crippen MR) is 79.6 cm³/mol. The Bertz CT molecular complexity index is 290. The second-order valence-corrected chi connectivity index (χ2v) is 5.02. The molecule has 0 bridgehead atoms. The molecule has 118 valence electrons. The first-order valence-corrected chi connectivity index (χ1v) is 7.74. The molecule has 5 heteroatoms. The number of rotatable bonds is 13. The first kappa shape index (κ1) is 22.6. The summed E-state index contributed by atoms with van der Waals surface area (Å²) in [6, 6.07) is 0. The van der Waals surface area contributed by atoms with Gasteiger partial charge in [-0.25, -0.2) is 9.59 Å². The number of carboxylic acids is 1. The molecule has 0 aliphatic heterocycles. The topological polar surface area (TPSA) is 63.6 Å². The van der Waals surface area contributed by atoms with Crippen molar-refractivity contribution in [1.29, 1.82) is 0 Å². The molecule has 0 aliphatic rings. The fraction of sp³-hybridized carbons (Fsp3) is 0.750. The molecule has 0 fully saturated rings. The van der Waals surface area contributed by atoms with Gasteiger partial charge in [0.1, 0.15) is 0 Å². The van der Waals surface area contributed by atoms with Crippen LogP contribution in [0.3, 0.4) is 0 Å². The molecule has 1 N–H and O–H groups in total. The summed E-state index contributed by atoms with van der Waals surface area (Å²) in [5.74, 6) is -1.72. The van der Waals surface area contributed by atoms with Gasteiger partial charge in [0.05, 0.1) is 6.61 Å². The van der Waals surface area contributed by atoms with E-state index in [9.17, 15) is 9.59 Å². The average molecular weight is 350 g/mol. The molecule has 0 heterocycles. The molecule has 0 aromatic heterocycles. The van der Waals surface area contributed by atoms with E-state index in [1.54, 1.807) is 0 Å². The minimum Gasteiger partial charge on any atom is -0.478 e. The van der Waals surface area contributed by atoms with Crippen LogP contribution < -0.4 is 0 Å². The molecule has 0 amide bonds. The molecule has 0 unspecified atom stereocenters. The van der Waals surface area contributed by atoms with Crippen molar-refractivity contribution < 1.29 is 38.9 Å². The van der Waals surface area contributed by atoms with E-state index in [4.69, 9.17) is 9.84 Å². The summed E-state index contributed by atoms with van der Waals surface area (Å²) in [4.78, 5) is 21.2. The van der Waals surface area contributed by atoms with E-state index in [2.05, 4.69) is 6.92 Å². The van der Waals surface area contributed by atoms with Gasteiger partial charge in [-0.05, 0) is 6.42 Å². The van der Waals surface area contributed by atoms with Crippen LogP contribution in [0.15, 0.2) is 12.2 Å². The largest absolute Gasteiger partial charge is 0.478 e. The van der Waals surface area contributed by atoms with Gasteiger partial charge in [0.2, 0.25) is 0 Å². The van der Waals surface area contributed by atoms with Crippen LogP contribution in [0.4, 0.5) is 0 Å². The molecule has 0 aromatic rings. The second-order valence-electron chi connectivity index (χ2n) is 5.02. The molecule has 0 aliphatic carbocycles. The fourth-order valence-electron chi connectivity index (χ4n) is 1.95. The Hall–Kier alpha value is -0.697. The van der Waals surface area contributed by atoms with Gasteiger partial charge in [-0.15, -0.1) is 0 Å². The SMILES string of the molecule is CCCCCCCCCCCCOC(=O)/C=C/C(=O)O.[Zn]. The van der Waals surface area contributed by atoms with E-state index in [-0.39, 0.29) is 19.5 Å². The van der Waals surface area contributed by atoms with E-state index < -0.39 is 11.9 Å². The van der Waals surface area contributed by atoms with Crippen LogP contribution in [0.2, 0.25) is 0 Å². The van der Waals surface area contributed by atoms with E-state index in [1.807, 2.05) is 0 Å². The van der Waals surface area contributed by atoms with Gasteiger partial charge in [-0.1, -0.05) is 64.7 Å². The Morgan fingerprint density at radius 1 is 0.857 bits per heavy atom. The summed E-state index contributed by atoms with van der Waals surface area (Å²) in [6.07, 6.45) is 14.0. The normalized spacial score (nSPS) is 10.3. The Morgan fingerprint density at radius 3 is 1.81 bits per heavy atom. The number of hydrogen-bond acceptors (Lipinski definition) is 3. The molecule has 0 rings (SSSR count). The van der Waals surface area contributed by atoms with Gasteiger partial charge < -0.3 is 9.84 Å². The number of carbonyl (C=O) groups excluding carboxylic acids is 1. The zero-order valence-corrected chi connectivity index (χ0v) is 16.3. The number of unbranched alkanes of at least 4 members (excludes halogenated alkanes) is 9. The van der Waals surface area contributed by atoms with Crippen molar-refractivity contribution in [3.8, 4) is 0 Å². The monoisotopic (exact) mass is 348 g/mol. The summed E-state index contributed by atoms with van der Waals surface area (Å²) >= 11 is 0. The smallest absolute Gasteiger partial charge is 0.331 e. The molecular formula is C16H28O4Zn. The van der Waals surface area contributed by atoms with Crippen molar-refractivity contribution in [1.82, 2.24) is 0 Å². The third-order valence-electron chi connectivity index (χ3n) is 3.10. The number of esters is 1. The van der Waals surface area contributed by atoms with Crippen LogP contribution in [0.1, 0.15) is 71.1 Å². The van der Waals surface area contributed by atoms with E-state index >= 15 is 0 Å².